The summed E-state index contributed by atoms with van der Waals surface area (Å²) in [4.78, 5) is 11.9. The minimum Gasteiger partial charge on any atom is -0.493 e. The maximum atomic E-state index is 11.9. The summed E-state index contributed by atoms with van der Waals surface area (Å²) in [5.41, 5.74) is 2.50. The van der Waals surface area contributed by atoms with Gasteiger partial charge >= 0.3 is 5.97 Å². The predicted molar refractivity (Wildman–Crippen MR) is 84.8 cm³/mol. The van der Waals surface area contributed by atoms with E-state index in [-0.39, 0.29) is 12.4 Å². The molecule has 2 aromatic carbocycles. The van der Waals surface area contributed by atoms with Crippen LogP contribution in [-0.2, 0) is 4.79 Å². The van der Waals surface area contributed by atoms with Crippen LogP contribution < -0.4 is 14.2 Å². The molecule has 0 spiro atoms. The summed E-state index contributed by atoms with van der Waals surface area (Å²) >= 11 is 0. The lowest BCUT2D eigenvalue weighted by Gasteiger charge is -2.11. The van der Waals surface area contributed by atoms with Crippen molar-refractivity contribution in [3.63, 3.8) is 0 Å². The second kappa shape index (κ2) is 7.32. The van der Waals surface area contributed by atoms with Gasteiger partial charge < -0.3 is 14.2 Å². The number of benzene rings is 2. The Morgan fingerprint density at radius 3 is 2.48 bits per heavy atom. The van der Waals surface area contributed by atoms with Gasteiger partial charge in [-0.1, -0.05) is 17.7 Å². The monoisotopic (exact) mass is 311 g/mol. The largest absolute Gasteiger partial charge is 0.493 e. The molecule has 0 fully saturated rings. The molecule has 0 saturated heterocycles. The van der Waals surface area contributed by atoms with E-state index in [0.717, 1.165) is 11.1 Å². The number of ether oxygens (including phenoxy) is 3. The van der Waals surface area contributed by atoms with E-state index in [0.29, 0.717) is 17.1 Å². The zero-order chi connectivity index (χ0) is 16.8. The van der Waals surface area contributed by atoms with Crippen molar-refractivity contribution in [3.05, 3.63) is 53.1 Å². The second-order valence-electron chi connectivity index (χ2n) is 5.01. The number of methoxy groups -OCH3 is 1. The van der Waals surface area contributed by atoms with Crippen LogP contribution in [0.2, 0.25) is 0 Å². The fourth-order valence-electron chi connectivity index (χ4n) is 2.07. The van der Waals surface area contributed by atoms with Gasteiger partial charge in [-0.05, 0) is 37.6 Å². The Balaban J connectivity index is 2.01. The molecule has 0 aliphatic heterocycles. The third kappa shape index (κ3) is 4.24. The zero-order valence-corrected chi connectivity index (χ0v) is 13.3. The average molecular weight is 311 g/mol. The lowest BCUT2D eigenvalue weighted by atomic mass is 10.1. The van der Waals surface area contributed by atoms with E-state index in [2.05, 4.69) is 0 Å². The molecular weight excluding hydrogens is 294 g/mol. The average Bonchev–Trinajstić information content (AvgIpc) is 2.54. The number of carbonyl (C=O) groups excluding carboxylic acids is 1. The summed E-state index contributed by atoms with van der Waals surface area (Å²) in [7, 11) is 1.44. The van der Waals surface area contributed by atoms with Crippen molar-refractivity contribution >= 4 is 5.97 Å². The number of rotatable bonds is 5. The van der Waals surface area contributed by atoms with Gasteiger partial charge in [-0.25, -0.2) is 4.79 Å². The molecule has 0 aliphatic rings. The minimum absolute atomic E-state index is 0.215. The van der Waals surface area contributed by atoms with Crippen LogP contribution >= 0.6 is 0 Å². The van der Waals surface area contributed by atoms with E-state index < -0.39 is 5.97 Å². The molecular formula is C18H17NO4. The Bertz CT molecular complexity index is 762. The van der Waals surface area contributed by atoms with Gasteiger partial charge in [0, 0.05) is 6.07 Å². The van der Waals surface area contributed by atoms with Crippen LogP contribution in [0.4, 0.5) is 0 Å². The number of hydrogen-bond acceptors (Lipinski definition) is 5. The zero-order valence-electron chi connectivity index (χ0n) is 13.3. The second-order valence-corrected chi connectivity index (χ2v) is 5.01. The van der Waals surface area contributed by atoms with Gasteiger partial charge in [0.1, 0.15) is 5.75 Å². The highest BCUT2D eigenvalue weighted by molar-refractivity contribution is 5.75. The SMILES string of the molecule is COc1cc(C#N)ccc1OC(=O)COc1ccc(C)cc1C. The van der Waals surface area contributed by atoms with Crippen LogP contribution in [0.25, 0.3) is 0 Å². The summed E-state index contributed by atoms with van der Waals surface area (Å²) in [6, 6.07) is 12.3. The Labute approximate surface area is 135 Å². The fourth-order valence-corrected chi connectivity index (χ4v) is 2.07. The lowest BCUT2D eigenvalue weighted by molar-refractivity contribution is -0.136. The van der Waals surface area contributed by atoms with Crippen LogP contribution in [0.15, 0.2) is 36.4 Å². The Kier molecular flexibility index (Phi) is 5.21. The van der Waals surface area contributed by atoms with E-state index in [1.165, 1.54) is 19.2 Å². The first-order chi connectivity index (χ1) is 11.0. The third-order valence-corrected chi connectivity index (χ3v) is 3.19. The molecule has 2 rings (SSSR count). The van der Waals surface area contributed by atoms with E-state index in [9.17, 15) is 4.79 Å². The predicted octanol–water partition coefficient (Wildman–Crippen LogP) is 3.17. The van der Waals surface area contributed by atoms with E-state index >= 15 is 0 Å². The van der Waals surface area contributed by atoms with Crippen molar-refractivity contribution < 1.29 is 19.0 Å². The first kappa shape index (κ1) is 16.4. The molecule has 23 heavy (non-hydrogen) atoms. The molecule has 0 aromatic heterocycles. The van der Waals surface area contributed by atoms with Crippen molar-refractivity contribution in [1.82, 2.24) is 0 Å². The van der Waals surface area contributed by atoms with Gasteiger partial charge in [-0.3, -0.25) is 0 Å². The van der Waals surface area contributed by atoms with Crippen LogP contribution in [0, 0.1) is 25.2 Å². The van der Waals surface area contributed by atoms with Crippen molar-refractivity contribution in [2.75, 3.05) is 13.7 Å². The molecule has 0 unspecified atom stereocenters. The van der Waals surface area contributed by atoms with Gasteiger partial charge in [-0.2, -0.15) is 5.26 Å². The summed E-state index contributed by atoms with van der Waals surface area (Å²) in [5.74, 6) is 0.664. The number of nitrogens with zero attached hydrogens (tertiary/aromatic N) is 1. The molecule has 2 aromatic rings. The molecule has 0 heterocycles. The van der Waals surface area contributed by atoms with Crippen LogP contribution in [0.5, 0.6) is 17.2 Å². The van der Waals surface area contributed by atoms with Crippen molar-refractivity contribution in [3.8, 4) is 23.3 Å². The molecule has 0 N–H and O–H groups in total. The number of hydrogen-bond donors (Lipinski definition) is 0. The van der Waals surface area contributed by atoms with Gasteiger partial charge in [0.15, 0.2) is 18.1 Å². The Morgan fingerprint density at radius 1 is 1.09 bits per heavy atom. The summed E-state index contributed by atoms with van der Waals surface area (Å²) in [5, 5.41) is 8.85. The fraction of sp³-hybridized carbons (Fsp3) is 0.222. The highest BCUT2D eigenvalue weighted by Crippen LogP contribution is 2.28. The molecule has 118 valence electrons. The van der Waals surface area contributed by atoms with E-state index in [4.69, 9.17) is 19.5 Å². The Morgan fingerprint density at radius 2 is 1.83 bits per heavy atom. The van der Waals surface area contributed by atoms with Gasteiger partial charge in [0.05, 0.1) is 18.7 Å². The van der Waals surface area contributed by atoms with E-state index in [1.807, 2.05) is 38.1 Å². The van der Waals surface area contributed by atoms with Gasteiger partial charge in [0.25, 0.3) is 0 Å². The molecule has 0 amide bonds. The maximum absolute atomic E-state index is 11.9. The normalized spacial score (nSPS) is 9.83. The van der Waals surface area contributed by atoms with Crippen molar-refractivity contribution in [2.45, 2.75) is 13.8 Å². The van der Waals surface area contributed by atoms with Crippen LogP contribution in [0.1, 0.15) is 16.7 Å². The van der Waals surface area contributed by atoms with Gasteiger partial charge in [-0.15, -0.1) is 0 Å². The highest BCUT2D eigenvalue weighted by Gasteiger charge is 2.12. The molecule has 0 saturated carbocycles. The summed E-state index contributed by atoms with van der Waals surface area (Å²) < 4.78 is 15.8. The van der Waals surface area contributed by atoms with E-state index in [1.54, 1.807) is 6.07 Å². The van der Waals surface area contributed by atoms with Crippen LogP contribution in [-0.4, -0.2) is 19.7 Å². The van der Waals surface area contributed by atoms with Crippen LogP contribution in [0.3, 0.4) is 0 Å². The number of carbonyl (C=O) groups is 1. The number of aryl methyl sites for hydroxylation is 2. The molecule has 5 nitrogen and oxygen atoms in total. The molecule has 0 bridgehead atoms. The minimum atomic E-state index is -0.548. The molecule has 0 atom stereocenters. The third-order valence-electron chi connectivity index (χ3n) is 3.19. The van der Waals surface area contributed by atoms with Crippen molar-refractivity contribution in [1.29, 1.82) is 5.26 Å². The maximum Gasteiger partial charge on any atom is 0.349 e. The Hall–Kier alpha value is -3.00. The first-order valence-corrected chi connectivity index (χ1v) is 7.02. The van der Waals surface area contributed by atoms with Crippen molar-refractivity contribution in [2.24, 2.45) is 0 Å². The topological polar surface area (TPSA) is 68.5 Å². The van der Waals surface area contributed by atoms with Gasteiger partial charge in [0.2, 0.25) is 0 Å². The lowest BCUT2D eigenvalue weighted by Crippen LogP contribution is -2.18. The number of esters is 1. The summed E-state index contributed by atoms with van der Waals surface area (Å²) in [6.45, 7) is 3.69. The molecule has 0 radical (unpaired) electrons. The summed E-state index contributed by atoms with van der Waals surface area (Å²) in [6.07, 6.45) is 0. The number of nitriles is 1. The standard InChI is InChI=1S/C18H17NO4/c1-12-4-6-15(13(2)8-12)22-11-18(20)23-16-7-5-14(10-19)9-17(16)21-3/h4-9H,11H2,1-3H3. The quantitative estimate of drug-likeness (QED) is 0.626. The first-order valence-electron chi connectivity index (χ1n) is 7.02. The molecule has 0 aliphatic carbocycles. The highest BCUT2D eigenvalue weighted by atomic mass is 16.6. The molecule has 5 heteroatoms. The smallest absolute Gasteiger partial charge is 0.349 e.